The summed E-state index contributed by atoms with van der Waals surface area (Å²) in [7, 11) is 0. The van der Waals surface area contributed by atoms with Crippen LogP contribution in [0.4, 0.5) is 0 Å². The summed E-state index contributed by atoms with van der Waals surface area (Å²) in [5, 5.41) is 13.8. The second-order valence-electron chi connectivity index (χ2n) is 5.68. The summed E-state index contributed by atoms with van der Waals surface area (Å²) < 4.78 is 5.18. The molecule has 3 heterocycles. The number of nitrogens with zero attached hydrogens (tertiary/aromatic N) is 3. The third-order valence-corrected chi connectivity index (χ3v) is 4.14. The van der Waals surface area contributed by atoms with Crippen LogP contribution in [0.2, 0.25) is 0 Å². The van der Waals surface area contributed by atoms with Crippen molar-refractivity contribution in [3.8, 4) is 0 Å². The van der Waals surface area contributed by atoms with E-state index >= 15 is 0 Å². The molecule has 1 aliphatic heterocycles. The topological polar surface area (TPSA) is 79.5 Å². The fraction of sp³-hybridized carbons (Fsp3) is 0.533. The molecule has 0 aromatic carbocycles. The molecule has 2 aromatic heterocycles. The van der Waals surface area contributed by atoms with Crippen LogP contribution in [0.1, 0.15) is 34.6 Å². The first-order valence-corrected chi connectivity index (χ1v) is 7.24. The van der Waals surface area contributed by atoms with Crippen LogP contribution in [-0.2, 0) is 0 Å². The highest BCUT2D eigenvalue weighted by atomic mass is 16.5. The fourth-order valence-corrected chi connectivity index (χ4v) is 2.88. The lowest BCUT2D eigenvalue weighted by molar-refractivity contribution is 0.0652. The number of fused-ring (bicyclic) bond motifs is 1. The number of carbonyl (C=O) groups excluding carboxylic acids is 1. The Morgan fingerprint density at radius 1 is 1.43 bits per heavy atom. The van der Waals surface area contributed by atoms with Gasteiger partial charge >= 0.3 is 0 Å². The van der Waals surface area contributed by atoms with Gasteiger partial charge in [0.15, 0.2) is 0 Å². The number of carbonyl (C=O) groups is 1. The highest BCUT2D eigenvalue weighted by molar-refractivity contribution is 6.06. The third-order valence-electron chi connectivity index (χ3n) is 4.14. The molecule has 3 rings (SSSR count). The van der Waals surface area contributed by atoms with Gasteiger partial charge < -0.3 is 14.5 Å². The van der Waals surface area contributed by atoms with Crippen molar-refractivity contribution < 1.29 is 14.4 Å². The van der Waals surface area contributed by atoms with Crippen LogP contribution >= 0.6 is 0 Å². The minimum atomic E-state index is -0.00631. The molecule has 0 bridgehead atoms. The second-order valence-corrected chi connectivity index (χ2v) is 5.68. The van der Waals surface area contributed by atoms with E-state index in [2.05, 4.69) is 10.1 Å². The van der Waals surface area contributed by atoms with E-state index < -0.39 is 0 Å². The van der Waals surface area contributed by atoms with E-state index in [1.54, 1.807) is 6.07 Å². The number of amides is 1. The summed E-state index contributed by atoms with van der Waals surface area (Å²) in [4.78, 5) is 18.9. The van der Waals surface area contributed by atoms with E-state index in [-0.39, 0.29) is 12.5 Å². The Hall–Kier alpha value is -1.95. The average Bonchev–Trinajstić information content (AvgIpc) is 2.87. The standard InChI is InChI=1S/C15H19N3O3/c1-9-7-12(13-10(2)17-21-14(13)16-9)15(20)18-5-3-11(8-19)4-6-18/h7,11,19H,3-6,8H2,1-2H3. The van der Waals surface area contributed by atoms with Gasteiger partial charge in [0.25, 0.3) is 11.6 Å². The van der Waals surface area contributed by atoms with Crippen molar-refractivity contribution in [2.75, 3.05) is 19.7 Å². The van der Waals surface area contributed by atoms with E-state index in [1.807, 2.05) is 18.7 Å². The van der Waals surface area contributed by atoms with Gasteiger partial charge in [-0.1, -0.05) is 5.16 Å². The molecular formula is C15H19N3O3. The molecule has 0 spiro atoms. The maximum Gasteiger partial charge on any atom is 0.258 e. The van der Waals surface area contributed by atoms with Crippen molar-refractivity contribution in [1.29, 1.82) is 0 Å². The molecule has 0 unspecified atom stereocenters. The molecule has 1 saturated heterocycles. The van der Waals surface area contributed by atoms with Gasteiger partial charge in [-0.05, 0) is 38.7 Å². The van der Waals surface area contributed by atoms with Crippen LogP contribution in [0.3, 0.4) is 0 Å². The Morgan fingerprint density at radius 2 is 2.14 bits per heavy atom. The number of likely N-dealkylation sites (tertiary alicyclic amines) is 1. The molecule has 1 N–H and O–H groups in total. The van der Waals surface area contributed by atoms with Crippen LogP contribution in [0, 0.1) is 19.8 Å². The first-order valence-electron chi connectivity index (χ1n) is 7.24. The molecule has 0 aliphatic carbocycles. The number of hydrogen-bond donors (Lipinski definition) is 1. The summed E-state index contributed by atoms with van der Waals surface area (Å²) in [5.41, 5.74) is 2.46. The smallest absolute Gasteiger partial charge is 0.258 e. The van der Waals surface area contributed by atoms with Gasteiger partial charge in [0.05, 0.1) is 16.6 Å². The molecule has 1 fully saturated rings. The van der Waals surface area contributed by atoms with E-state index in [0.29, 0.717) is 41.4 Å². The molecule has 2 aromatic rings. The van der Waals surface area contributed by atoms with E-state index in [1.165, 1.54) is 0 Å². The first kappa shape index (κ1) is 14.0. The lowest BCUT2D eigenvalue weighted by Crippen LogP contribution is -2.39. The zero-order chi connectivity index (χ0) is 15.0. The molecule has 0 saturated carbocycles. The molecule has 1 amide bonds. The maximum atomic E-state index is 12.8. The van der Waals surface area contributed by atoms with Crippen molar-refractivity contribution in [3.05, 3.63) is 23.0 Å². The van der Waals surface area contributed by atoms with Gasteiger partial charge in [0.1, 0.15) is 0 Å². The van der Waals surface area contributed by atoms with Crippen LogP contribution in [0.25, 0.3) is 11.1 Å². The Morgan fingerprint density at radius 3 is 2.81 bits per heavy atom. The Kier molecular flexibility index (Phi) is 3.63. The number of aromatic nitrogens is 2. The molecule has 6 nitrogen and oxygen atoms in total. The Bertz CT molecular complexity index is 672. The van der Waals surface area contributed by atoms with Crippen LogP contribution in [0.5, 0.6) is 0 Å². The summed E-state index contributed by atoms with van der Waals surface area (Å²) in [6, 6.07) is 1.80. The SMILES string of the molecule is Cc1cc(C(=O)N2CCC(CO)CC2)c2c(C)noc2n1. The molecule has 21 heavy (non-hydrogen) atoms. The quantitative estimate of drug-likeness (QED) is 0.910. The maximum absolute atomic E-state index is 12.8. The average molecular weight is 289 g/mol. The van der Waals surface area contributed by atoms with Crippen molar-refractivity contribution in [3.63, 3.8) is 0 Å². The zero-order valence-corrected chi connectivity index (χ0v) is 12.3. The van der Waals surface area contributed by atoms with E-state index in [0.717, 1.165) is 18.5 Å². The monoisotopic (exact) mass is 289 g/mol. The highest BCUT2D eigenvalue weighted by Crippen LogP contribution is 2.25. The lowest BCUT2D eigenvalue weighted by Gasteiger charge is -2.31. The predicted octanol–water partition coefficient (Wildman–Crippen LogP) is 1.68. The van der Waals surface area contributed by atoms with Crippen molar-refractivity contribution >= 4 is 17.0 Å². The van der Waals surface area contributed by atoms with E-state index in [4.69, 9.17) is 4.52 Å². The van der Waals surface area contributed by atoms with Gasteiger partial charge in [-0.3, -0.25) is 4.79 Å². The van der Waals surface area contributed by atoms with Crippen molar-refractivity contribution in [2.45, 2.75) is 26.7 Å². The Balaban J connectivity index is 1.93. The third kappa shape index (κ3) is 2.51. The van der Waals surface area contributed by atoms with Gasteiger partial charge in [-0.2, -0.15) is 0 Å². The highest BCUT2D eigenvalue weighted by Gasteiger charge is 2.26. The van der Waals surface area contributed by atoms with Gasteiger partial charge in [-0.25, -0.2) is 4.98 Å². The fourth-order valence-electron chi connectivity index (χ4n) is 2.88. The molecule has 6 heteroatoms. The minimum Gasteiger partial charge on any atom is -0.396 e. The van der Waals surface area contributed by atoms with Crippen LogP contribution < -0.4 is 0 Å². The second kappa shape index (κ2) is 5.44. The number of rotatable bonds is 2. The number of hydrogen-bond acceptors (Lipinski definition) is 5. The van der Waals surface area contributed by atoms with Gasteiger partial charge in [0, 0.05) is 25.4 Å². The van der Waals surface area contributed by atoms with Gasteiger partial charge in [0.2, 0.25) is 0 Å². The van der Waals surface area contributed by atoms with Crippen molar-refractivity contribution in [1.82, 2.24) is 15.0 Å². The molecule has 0 atom stereocenters. The van der Waals surface area contributed by atoms with Crippen molar-refractivity contribution in [2.24, 2.45) is 5.92 Å². The number of pyridine rings is 1. The van der Waals surface area contributed by atoms with E-state index in [9.17, 15) is 9.90 Å². The molecule has 0 radical (unpaired) electrons. The van der Waals surface area contributed by atoms with Crippen LogP contribution in [0.15, 0.2) is 10.6 Å². The summed E-state index contributed by atoms with van der Waals surface area (Å²) >= 11 is 0. The first-order chi connectivity index (χ1) is 10.1. The summed E-state index contributed by atoms with van der Waals surface area (Å²) in [5.74, 6) is 0.304. The minimum absolute atomic E-state index is 0.00631. The number of piperidine rings is 1. The Labute approximate surface area is 122 Å². The number of aliphatic hydroxyl groups excluding tert-OH is 1. The summed E-state index contributed by atoms with van der Waals surface area (Å²) in [6.45, 7) is 5.21. The number of aliphatic hydroxyl groups is 1. The lowest BCUT2D eigenvalue weighted by atomic mass is 9.97. The van der Waals surface area contributed by atoms with Gasteiger partial charge in [-0.15, -0.1) is 0 Å². The molecular weight excluding hydrogens is 270 g/mol. The normalized spacial score (nSPS) is 16.6. The number of aryl methyl sites for hydroxylation is 2. The van der Waals surface area contributed by atoms with Crippen LogP contribution in [-0.4, -0.2) is 45.8 Å². The largest absolute Gasteiger partial charge is 0.396 e. The molecule has 1 aliphatic rings. The summed E-state index contributed by atoms with van der Waals surface area (Å²) in [6.07, 6.45) is 1.69. The molecule has 112 valence electrons. The zero-order valence-electron chi connectivity index (χ0n) is 12.3. The predicted molar refractivity (Wildman–Crippen MR) is 77.0 cm³/mol.